The third-order valence-corrected chi connectivity index (χ3v) is 3.52. The van der Waals surface area contributed by atoms with Crippen LogP contribution in [0.3, 0.4) is 0 Å². The van der Waals surface area contributed by atoms with Gasteiger partial charge in [-0.1, -0.05) is 18.2 Å². The van der Waals surface area contributed by atoms with Crippen LogP contribution in [0.4, 0.5) is 5.69 Å². The van der Waals surface area contributed by atoms with Gasteiger partial charge in [0, 0.05) is 25.2 Å². The van der Waals surface area contributed by atoms with Crippen molar-refractivity contribution in [3.63, 3.8) is 0 Å². The molecule has 3 rings (SSSR count). The van der Waals surface area contributed by atoms with Crippen LogP contribution in [0.2, 0.25) is 0 Å². The molecule has 0 amide bonds. The van der Waals surface area contributed by atoms with Crippen LogP contribution in [-0.2, 0) is 7.05 Å². The van der Waals surface area contributed by atoms with Crippen molar-refractivity contribution in [1.29, 1.82) is 0 Å². The van der Waals surface area contributed by atoms with Crippen molar-refractivity contribution in [2.24, 2.45) is 7.05 Å². The first-order valence-corrected chi connectivity index (χ1v) is 5.96. The fourth-order valence-electron chi connectivity index (χ4n) is 2.46. The van der Waals surface area contributed by atoms with Gasteiger partial charge in [0.05, 0.1) is 0 Å². The number of aromatic nitrogens is 3. The van der Waals surface area contributed by atoms with Crippen molar-refractivity contribution in [1.82, 2.24) is 14.8 Å². The van der Waals surface area contributed by atoms with Crippen molar-refractivity contribution in [2.45, 2.75) is 19.3 Å². The summed E-state index contributed by atoms with van der Waals surface area (Å²) in [6.45, 7) is 2.98. The van der Waals surface area contributed by atoms with Crippen LogP contribution in [0.25, 0.3) is 0 Å². The van der Waals surface area contributed by atoms with E-state index in [1.807, 2.05) is 14.0 Å². The molecule has 88 valence electrons. The minimum atomic E-state index is 0.360. The molecule has 1 aromatic heterocycles. The van der Waals surface area contributed by atoms with Crippen molar-refractivity contribution in [3.05, 3.63) is 41.5 Å². The van der Waals surface area contributed by atoms with Gasteiger partial charge < -0.3 is 9.88 Å². The SMILES string of the molecule is Cc1nnc(C2CCNc3ccccc32)n1C. The molecule has 0 bridgehead atoms. The van der Waals surface area contributed by atoms with Gasteiger partial charge in [-0.05, 0) is 25.0 Å². The predicted molar refractivity (Wildman–Crippen MR) is 67.1 cm³/mol. The molecule has 0 aliphatic carbocycles. The standard InChI is InChI=1S/C13H16N4/c1-9-15-16-13(17(9)2)11-7-8-14-12-6-4-3-5-10(11)12/h3-6,11,14H,7-8H2,1-2H3. The summed E-state index contributed by atoms with van der Waals surface area (Å²) < 4.78 is 2.09. The summed E-state index contributed by atoms with van der Waals surface area (Å²) in [5, 5.41) is 11.9. The third kappa shape index (κ3) is 1.60. The van der Waals surface area contributed by atoms with Crippen molar-refractivity contribution in [2.75, 3.05) is 11.9 Å². The van der Waals surface area contributed by atoms with Gasteiger partial charge >= 0.3 is 0 Å². The summed E-state index contributed by atoms with van der Waals surface area (Å²) in [6, 6.07) is 8.46. The number of fused-ring (bicyclic) bond motifs is 1. The van der Waals surface area contributed by atoms with Crippen LogP contribution in [0.5, 0.6) is 0 Å². The Morgan fingerprint density at radius 2 is 2.12 bits per heavy atom. The molecule has 0 radical (unpaired) electrons. The minimum absolute atomic E-state index is 0.360. The van der Waals surface area contributed by atoms with Crippen LogP contribution in [0.15, 0.2) is 24.3 Å². The molecule has 2 aromatic rings. The lowest BCUT2D eigenvalue weighted by Gasteiger charge is -2.25. The normalized spacial score (nSPS) is 18.6. The van der Waals surface area contributed by atoms with E-state index in [2.05, 4.69) is 44.3 Å². The molecular formula is C13H16N4. The molecule has 1 aliphatic rings. The average Bonchev–Trinajstić information content (AvgIpc) is 2.69. The molecule has 1 N–H and O–H groups in total. The maximum Gasteiger partial charge on any atom is 0.140 e. The molecule has 0 fully saturated rings. The lowest BCUT2D eigenvalue weighted by molar-refractivity contribution is 0.637. The van der Waals surface area contributed by atoms with Crippen LogP contribution < -0.4 is 5.32 Å². The van der Waals surface area contributed by atoms with Gasteiger partial charge in [0.15, 0.2) is 0 Å². The highest BCUT2D eigenvalue weighted by Gasteiger charge is 2.25. The summed E-state index contributed by atoms with van der Waals surface area (Å²) in [7, 11) is 2.04. The van der Waals surface area contributed by atoms with Gasteiger partial charge in [0.1, 0.15) is 11.6 Å². The number of rotatable bonds is 1. The summed E-state index contributed by atoms with van der Waals surface area (Å²) in [6.07, 6.45) is 1.07. The van der Waals surface area contributed by atoms with E-state index in [0.29, 0.717) is 5.92 Å². The highest BCUT2D eigenvalue weighted by Crippen LogP contribution is 2.35. The number of nitrogens with zero attached hydrogens (tertiary/aromatic N) is 3. The topological polar surface area (TPSA) is 42.7 Å². The Morgan fingerprint density at radius 1 is 1.29 bits per heavy atom. The van der Waals surface area contributed by atoms with Crippen molar-refractivity contribution < 1.29 is 0 Å². The fraction of sp³-hybridized carbons (Fsp3) is 0.385. The Labute approximate surface area is 101 Å². The van der Waals surface area contributed by atoms with E-state index in [1.54, 1.807) is 0 Å². The van der Waals surface area contributed by atoms with E-state index < -0.39 is 0 Å². The second-order valence-corrected chi connectivity index (χ2v) is 4.52. The van der Waals surface area contributed by atoms with Crippen LogP contribution in [0, 0.1) is 6.92 Å². The van der Waals surface area contributed by atoms with Crippen LogP contribution in [0.1, 0.15) is 29.6 Å². The average molecular weight is 228 g/mol. The highest BCUT2D eigenvalue weighted by molar-refractivity contribution is 5.56. The van der Waals surface area contributed by atoms with E-state index in [1.165, 1.54) is 11.3 Å². The Bertz CT molecular complexity index is 544. The summed E-state index contributed by atoms with van der Waals surface area (Å²) in [4.78, 5) is 0. The lowest BCUT2D eigenvalue weighted by atomic mass is 9.90. The van der Waals surface area contributed by atoms with Gasteiger partial charge in [0.2, 0.25) is 0 Å². The Kier molecular flexibility index (Phi) is 2.35. The number of hydrogen-bond donors (Lipinski definition) is 1. The zero-order valence-electron chi connectivity index (χ0n) is 10.1. The first kappa shape index (κ1) is 10.3. The first-order valence-electron chi connectivity index (χ1n) is 5.96. The number of anilines is 1. The first-order chi connectivity index (χ1) is 8.27. The van der Waals surface area contributed by atoms with E-state index >= 15 is 0 Å². The molecule has 1 unspecified atom stereocenters. The van der Waals surface area contributed by atoms with E-state index in [9.17, 15) is 0 Å². The summed E-state index contributed by atoms with van der Waals surface area (Å²) >= 11 is 0. The fourth-order valence-corrected chi connectivity index (χ4v) is 2.46. The number of para-hydroxylation sites is 1. The van der Waals surface area contributed by atoms with E-state index in [-0.39, 0.29) is 0 Å². The molecule has 2 heterocycles. The molecule has 4 nitrogen and oxygen atoms in total. The van der Waals surface area contributed by atoms with Crippen LogP contribution in [-0.4, -0.2) is 21.3 Å². The molecule has 1 aromatic carbocycles. The number of hydrogen-bond acceptors (Lipinski definition) is 3. The van der Waals surface area contributed by atoms with Crippen molar-refractivity contribution >= 4 is 5.69 Å². The summed E-state index contributed by atoms with van der Waals surface area (Å²) in [5.41, 5.74) is 2.55. The molecule has 17 heavy (non-hydrogen) atoms. The lowest BCUT2D eigenvalue weighted by Crippen LogP contribution is -2.20. The summed E-state index contributed by atoms with van der Waals surface area (Å²) in [5.74, 6) is 2.39. The van der Waals surface area contributed by atoms with E-state index in [4.69, 9.17) is 0 Å². The smallest absolute Gasteiger partial charge is 0.140 e. The molecule has 0 saturated carbocycles. The second kappa shape index (κ2) is 3.87. The van der Waals surface area contributed by atoms with E-state index in [0.717, 1.165) is 24.6 Å². The van der Waals surface area contributed by atoms with Gasteiger partial charge in [-0.25, -0.2) is 0 Å². The largest absolute Gasteiger partial charge is 0.385 e. The molecular weight excluding hydrogens is 212 g/mol. The Balaban J connectivity index is 2.09. The number of nitrogens with one attached hydrogen (secondary N) is 1. The second-order valence-electron chi connectivity index (χ2n) is 4.52. The maximum atomic E-state index is 4.32. The Hall–Kier alpha value is -1.84. The zero-order valence-corrected chi connectivity index (χ0v) is 10.1. The van der Waals surface area contributed by atoms with Gasteiger partial charge in [-0.15, -0.1) is 10.2 Å². The zero-order chi connectivity index (χ0) is 11.8. The van der Waals surface area contributed by atoms with Gasteiger partial charge in [0.25, 0.3) is 0 Å². The highest BCUT2D eigenvalue weighted by atomic mass is 15.3. The van der Waals surface area contributed by atoms with Crippen LogP contribution >= 0.6 is 0 Å². The molecule has 1 aliphatic heterocycles. The Morgan fingerprint density at radius 3 is 2.88 bits per heavy atom. The molecule has 0 saturated heterocycles. The van der Waals surface area contributed by atoms with Crippen molar-refractivity contribution in [3.8, 4) is 0 Å². The molecule has 1 atom stereocenters. The maximum absolute atomic E-state index is 4.32. The monoisotopic (exact) mass is 228 g/mol. The number of benzene rings is 1. The molecule has 0 spiro atoms. The quantitative estimate of drug-likeness (QED) is 0.812. The van der Waals surface area contributed by atoms with Gasteiger partial charge in [-0.2, -0.15) is 0 Å². The van der Waals surface area contributed by atoms with Gasteiger partial charge in [-0.3, -0.25) is 0 Å². The molecule has 4 heteroatoms. The number of aryl methyl sites for hydroxylation is 1. The third-order valence-electron chi connectivity index (χ3n) is 3.52. The minimum Gasteiger partial charge on any atom is -0.385 e. The predicted octanol–water partition coefficient (Wildman–Crippen LogP) is 2.07.